The van der Waals surface area contributed by atoms with Crippen molar-refractivity contribution in [2.24, 2.45) is 0 Å². The Hall–Kier alpha value is -2.13. The fourth-order valence-electron chi connectivity index (χ4n) is 2.29. The van der Waals surface area contributed by atoms with E-state index in [9.17, 15) is 13.2 Å². The molecular formula is C16H17BF3N3O2. The lowest BCUT2D eigenvalue weighted by atomic mass is 9.87. The van der Waals surface area contributed by atoms with Gasteiger partial charge in [-0.25, -0.2) is 17.9 Å². The first-order chi connectivity index (χ1) is 11.6. The predicted octanol–water partition coefficient (Wildman–Crippen LogP) is 3.49. The SMILES string of the molecule is CC1(C)OB(C(F)=Cc2cn(-c3cc(F)ccc3F)nn2)OC1(C)C. The summed E-state index contributed by atoms with van der Waals surface area (Å²) in [5, 5.41) is 7.44. The number of benzene rings is 1. The van der Waals surface area contributed by atoms with Gasteiger partial charge in [-0.2, -0.15) is 0 Å². The molecule has 0 atom stereocenters. The van der Waals surface area contributed by atoms with Crippen LogP contribution < -0.4 is 0 Å². The summed E-state index contributed by atoms with van der Waals surface area (Å²) in [5.41, 5.74) is -2.04. The highest BCUT2D eigenvalue weighted by Crippen LogP contribution is 2.39. The first-order valence-electron chi connectivity index (χ1n) is 7.69. The molecule has 0 spiro atoms. The van der Waals surface area contributed by atoms with Crippen LogP contribution in [-0.4, -0.2) is 33.3 Å². The summed E-state index contributed by atoms with van der Waals surface area (Å²) >= 11 is 0. The summed E-state index contributed by atoms with van der Waals surface area (Å²) in [6.45, 7) is 7.24. The molecule has 1 saturated heterocycles. The molecule has 0 aliphatic carbocycles. The summed E-state index contributed by atoms with van der Waals surface area (Å²) in [6, 6.07) is 2.95. The minimum atomic E-state index is -1.17. The van der Waals surface area contributed by atoms with Gasteiger partial charge in [0.25, 0.3) is 0 Å². The summed E-state index contributed by atoms with van der Waals surface area (Å²) in [6.07, 6.45) is 2.37. The van der Waals surface area contributed by atoms with Crippen molar-refractivity contribution in [1.29, 1.82) is 0 Å². The Labute approximate surface area is 143 Å². The molecule has 2 aromatic rings. The van der Waals surface area contributed by atoms with Crippen LogP contribution in [-0.2, 0) is 9.31 Å². The van der Waals surface area contributed by atoms with E-state index in [4.69, 9.17) is 9.31 Å². The van der Waals surface area contributed by atoms with Gasteiger partial charge >= 0.3 is 7.12 Å². The van der Waals surface area contributed by atoms with E-state index < -0.39 is 35.7 Å². The fourth-order valence-corrected chi connectivity index (χ4v) is 2.29. The third kappa shape index (κ3) is 3.34. The highest BCUT2D eigenvalue weighted by atomic mass is 19.1. The van der Waals surface area contributed by atoms with Crippen LogP contribution in [0.5, 0.6) is 0 Å². The van der Waals surface area contributed by atoms with Gasteiger partial charge in [-0.05, 0) is 45.9 Å². The number of rotatable bonds is 3. The van der Waals surface area contributed by atoms with Crippen LogP contribution in [0.1, 0.15) is 33.4 Å². The molecule has 5 nitrogen and oxygen atoms in total. The molecule has 0 bridgehead atoms. The average molecular weight is 351 g/mol. The summed E-state index contributed by atoms with van der Waals surface area (Å²) in [4.78, 5) is 0. The van der Waals surface area contributed by atoms with Gasteiger partial charge in [-0.1, -0.05) is 5.21 Å². The van der Waals surface area contributed by atoms with Crippen molar-refractivity contribution in [3.63, 3.8) is 0 Å². The van der Waals surface area contributed by atoms with Crippen molar-refractivity contribution in [2.75, 3.05) is 0 Å². The zero-order valence-electron chi connectivity index (χ0n) is 14.3. The van der Waals surface area contributed by atoms with Gasteiger partial charge in [0.05, 0.1) is 17.4 Å². The van der Waals surface area contributed by atoms with E-state index in [-0.39, 0.29) is 11.4 Å². The molecule has 0 saturated carbocycles. The Bertz CT molecular complexity index is 820. The van der Waals surface area contributed by atoms with Gasteiger partial charge in [-0.3, -0.25) is 0 Å². The van der Waals surface area contributed by atoms with Gasteiger partial charge in [0, 0.05) is 6.07 Å². The van der Waals surface area contributed by atoms with Gasteiger partial charge in [-0.15, -0.1) is 5.10 Å². The summed E-state index contributed by atoms with van der Waals surface area (Å²) < 4.78 is 53.7. The van der Waals surface area contributed by atoms with Crippen LogP contribution in [0.15, 0.2) is 30.1 Å². The monoisotopic (exact) mass is 351 g/mol. The van der Waals surface area contributed by atoms with E-state index in [1.165, 1.54) is 6.20 Å². The van der Waals surface area contributed by atoms with E-state index in [1.54, 1.807) is 0 Å². The van der Waals surface area contributed by atoms with E-state index >= 15 is 0 Å². The number of hydrogen-bond donors (Lipinski definition) is 0. The first kappa shape index (κ1) is 17.7. The van der Waals surface area contributed by atoms with Gasteiger partial charge < -0.3 is 9.31 Å². The maximum Gasteiger partial charge on any atom is 0.525 e. The molecule has 1 aromatic heterocycles. The van der Waals surface area contributed by atoms with Gasteiger partial charge in [0.15, 0.2) is 0 Å². The molecule has 2 heterocycles. The Kier molecular flexibility index (Phi) is 4.24. The van der Waals surface area contributed by atoms with Gasteiger partial charge in [0.1, 0.15) is 28.7 Å². The van der Waals surface area contributed by atoms with Crippen molar-refractivity contribution >= 4 is 13.2 Å². The highest BCUT2D eigenvalue weighted by Gasteiger charge is 2.53. The number of aromatic nitrogens is 3. The van der Waals surface area contributed by atoms with Crippen molar-refractivity contribution in [3.05, 3.63) is 47.5 Å². The van der Waals surface area contributed by atoms with Crippen LogP contribution in [0.3, 0.4) is 0 Å². The number of nitrogens with zero attached hydrogens (tertiary/aromatic N) is 3. The molecule has 9 heteroatoms. The first-order valence-corrected chi connectivity index (χ1v) is 7.69. The van der Waals surface area contributed by atoms with Crippen LogP contribution in [0, 0.1) is 11.6 Å². The smallest absolute Gasteiger partial charge is 0.398 e. The lowest BCUT2D eigenvalue weighted by molar-refractivity contribution is 0.00578. The van der Waals surface area contributed by atoms with Crippen molar-refractivity contribution in [1.82, 2.24) is 15.0 Å². The Morgan fingerprint density at radius 1 is 1.16 bits per heavy atom. The van der Waals surface area contributed by atoms with Crippen LogP contribution in [0.4, 0.5) is 13.2 Å². The van der Waals surface area contributed by atoms with E-state index in [2.05, 4.69) is 10.3 Å². The molecule has 1 aromatic carbocycles. The maximum atomic E-state index is 14.4. The average Bonchev–Trinajstić information content (AvgIpc) is 3.04. The molecule has 132 valence electrons. The van der Waals surface area contributed by atoms with Crippen molar-refractivity contribution in [2.45, 2.75) is 38.9 Å². The largest absolute Gasteiger partial charge is 0.525 e. The Morgan fingerprint density at radius 2 is 1.80 bits per heavy atom. The maximum absolute atomic E-state index is 14.4. The number of hydrogen-bond acceptors (Lipinski definition) is 4. The molecule has 25 heavy (non-hydrogen) atoms. The zero-order valence-corrected chi connectivity index (χ0v) is 14.3. The third-order valence-corrected chi connectivity index (χ3v) is 4.43. The molecule has 0 amide bonds. The molecule has 0 radical (unpaired) electrons. The quantitative estimate of drug-likeness (QED) is 0.795. The molecule has 1 fully saturated rings. The molecule has 1 aliphatic heterocycles. The summed E-state index contributed by atoms with van der Waals surface area (Å²) in [7, 11) is -1.17. The van der Waals surface area contributed by atoms with Crippen LogP contribution in [0.25, 0.3) is 11.8 Å². The van der Waals surface area contributed by atoms with Crippen LogP contribution >= 0.6 is 0 Å². The molecule has 3 rings (SSSR count). The fraction of sp³-hybridized carbons (Fsp3) is 0.375. The standard InChI is InChI=1S/C16H17BF3N3O2/c1-15(2)16(3,4)25-17(24-15)14(20)8-11-9-23(22-21-11)13-7-10(18)5-6-12(13)19/h5-9H,1-4H3. The minimum absolute atomic E-state index is 0.121. The third-order valence-electron chi connectivity index (χ3n) is 4.43. The zero-order chi connectivity index (χ0) is 18.4. The molecule has 1 aliphatic rings. The molecule has 0 N–H and O–H groups in total. The van der Waals surface area contributed by atoms with E-state index in [0.29, 0.717) is 0 Å². The van der Waals surface area contributed by atoms with E-state index in [0.717, 1.165) is 29.0 Å². The summed E-state index contributed by atoms with van der Waals surface area (Å²) in [5.74, 6) is -1.29. The highest BCUT2D eigenvalue weighted by molar-refractivity contribution is 6.54. The Balaban J connectivity index is 1.84. The topological polar surface area (TPSA) is 49.2 Å². The second-order valence-corrected chi connectivity index (χ2v) is 6.80. The molecule has 0 unspecified atom stereocenters. The second kappa shape index (κ2) is 6.00. The Morgan fingerprint density at radius 3 is 2.44 bits per heavy atom. The normalized spacial score (nSPS) is 19.5. The lowest BCUT2D eigenvalue weighted by Crippen LogP contribution is -2.41. The second-order valence-electron chi connectivity index (χ2n) is 6.80. The van der Waals surface area contributed by atoms with Crippen molar-refractivity contribution in [3.8, 4) is 5.69 Å². The number of halogens is 3. The van der Waals surface area contributed by atoms with Gasteiger partial charge in [0.2, 0.25) is 0 Å². The predicted molar refractivity (Wildman–Crippen MR) is 86.4 cm³/mol. The van der Waals surface area contributed by atoms with Crippen molar-refractivity contribution < 1.29 is 22.5 Å². The lowest BCUT2D eigenvalue weighted by Gasteiger charge is -2.32. The molecular weight excluding hydrogens is 334 g/mol. The van der Waals surface area contributed by atoms with E-state index in [1.807, 2.05) is 27.7 Å². The minimum Gasteiger partial charge on any atom is -0.398 e. The van der Waals surface area contributed by atoms with Crippen LogP contribution in [0.2, 0.25) is 0 Å².